The van der Waals surface area contributed by atoms with E-state index in [0.717, 1.165) is 19.4 Å². The predicted octanol–water partition coefficient (Wildman–Crippen LogP) is 4.03. The standard InChI is InChI=1S/C17H28N2OS/c1-6-8-13-16(20)19(11-12(2)17(3,4)5)15(18-13)14-9-7-10-21-14/h7,9-10,12-13,15,18H,6,8,11H2,1-5H3. The zero-order valence-corrected chi connectivity index (χ0v) is 14.7. The van der Waals surface area contributed by atoms with Crippen molar-refractivity contribution in [3.05, 3.63) is 22.4 Å². The maximum absolute atomic E-state index is 12.7. The molecule has 118 valence electrons. The van der Waals surface area contributed by atoms with Gasteiger partial charge in [0.2, 0.25) is 5.91 Å². The second-order valence-electron chi connectivity index (χ2n) is 7.18. The van der Waals surface area contributed by atoms with Crippen LogP contribution >= 0.6 is 11.3 Å². The van der Waals surface area contributed by atoms with E-state index in [1.807, 2.05) is 0 Å². The summed E-state index contributed by atoms with van der Waals surface area (Å²) in [5.74, 6) is 0.734. The number of nitrogens with one attached hydrogen (secondary N) is 1. The highest BCUT2D eigenvalue weighted by Gasteiger charge is 2.40. The molecule has 3 atom stereocenters. The molecular formula is C17H28N2OS. The Morgan fingerprint density at radius 3 is 2.67 bits per heavy atom. The van der Waals surface area contributed by atoms with Crippen LogP contribution in [0.3, 0.4) is 0 Å². The van der Waals surface area contributed by atoms with Crippen LogP contribution < -0.4 is 5.32 Å². The molecule has 1 aliphatic heterocycles. The molecule has 1 aliphatic rings. The SMILES string of the molecule is CCCC1NC(c2cccs2)N(CC(C)C(C)(C)C)C1=O. The molecule has 1 aromatic rings. The van der Waals surface area contributed by atoms with Crippen molar-refractivity contribution in [1.29, 1.82) is 0 Å². The smallest absolute Gasteiger partial charge is 0.241 e. The minimum absolute atomic E-state index is 0.0192. The van der Waals surface area contributed by atoms with Crippen molar-refractivity contribution in [3.63, 3.8) is 0 Å². The third kappa shape index (κ3) is 3.67. The van der Waals surface area contributed by atoms with E-state index in [2.05, 4.69) is 62.3 Å². The van der Waals surface area contributed by atoms with E-state index >= 15 is 0 Å². The van der Waals surface area contributed by atoms with Crippen molar-refractivity contribution in [2.75, 3.05) is 6.54 Å². The number of hydrogen-bond acceptors (Lipinski definition) is 3. The maximum Gasteiger partial charge on any atom is 0.241 e. The summed E-state index contributed by atoms with van der Waals surface area (Å²) in [7, 11) is 0. The molecule has 0 spiro atoms. The fraction of sp³-hybridized carbons (Fsp3) is 0.706. The molecule has 1 amide bonds. The first-order chi connectivity index (χ1) is 9.84. The number of carbonyl (C=O) groups is 1. The molecule has 0 bridgehead atoms. The third-order valence-electron chi connectivity index (χ3n) is 4.59. The van der Waals surface area contributed by atoms with Gasteiger partial charge in [0.1, 0.15) is 6.17 Å². The quantitative estimate of drug-likeness (QED) is 0.890. The second-order valence-corrected chi connectivity index (χ2v) is 8.16. The first kappa shape index (κ1) is 16.5. The fourth-order valence-corrected chi connectivity index (χ4v) is 3.42. The summed E-state index contributed by atoms with van der Waals surface area (Å²) in [6.45, 7) is 11.9. The van der Waals surface area contributed by atoms with Crippen molar-refractivity contribution >= 4 is 17.2 Å². The lowest BCUT2D eigenvalue weighted by molar-refractivity contribution is -0.131. The topological polar surface area (TPSA) is 32.3 Å². The highest BCUT2D eigenvalue weighted by atomic mass is 32.1. The Morgan fingerprint density at radius 1 is 1.43 bits per heavy atom. The van der Waals surface area contributed by atoms with Gasteiger partial charge in [-0.25, -0.2) is 0 Å². The normalized spacial score (nSPS) is 24.6. The van der Waals surface area contributed by atoms with Crippen molar-refractivity contribution < 1.29 is 4.79 Å². The van der Waals surface area contributed by atoms with E-state index in [1.54, 1.807) is 11.3 Å². The van der Waals surface area contributed by atoms with E-state index in [1.165, 1.54) is 4.88 Å². The summed E-state index contributed by atoms with van der Waals surface area (Å²) in [5, 5.41) is 5.62. The second kappa shape index (κ2) is 6.49. The number of carbonyl (C=O) groups excluding carboxylic acids is 1. The molecule has 0 saturated carbocycles. The van der Waals surface area contributed by atoms with Crippen LogP contribution in [0, 0.1) is 11.3 Å². The minimum Gasteiger partial charge on any atom is -0.320 e. The van der Waals surface area contributed by atoms with Crippen LogP contribution in [-0.2, 0) is 4.79 Å². The van der Waals surface area contributed by atoms with Gasteiger partial charge in [0.05, 0.1) is 6.04 Å². The van der Waals surface area contributed by atoms with E-state index in [0.29, 0.717) is 5.92 Å². The number of hydrogen-bond donors (Lipinski definition) is 1. The van der Waals surface area contributed by atoms with Gasteiger partial charge in [-0.05, 0) is 29.2 Å². The van der Waals surface area contributed by atoms with Crippen LogP contribution in [0.2, 0.25) is 0 Å². The maximum atomic E-state index is 12.7. The minimum atomic E-state index is -0.0192. The molecule has 21 heavy (non-hydrogen) atoms. The van der Waals surface area contributed by atoms with Gasteiger partial charge in [-0.2, -0.15) is 0 Å². The highest BCUT2D eigenvalue weighted by molar-refractivity contribution is 7.10. The summed E-state index contributed by atoms with van der Waals surface area (Å²) < 4.78 is 0. The van der Waals surface area contributed by atoms with Crippen LogP contribution in [0.5, 0.6) is 0 Å². The first-order valence-corrected chi connectivity index (χ1v) is 8.82. The van der Waals surface area contributed by atoms with E-state index in [4.69, 9.17) is 0 Å². The molecule has 2 heterocycles. The average Bonchev–Trinajstić information content (AvgIpc) is 3.01. The predicted molar refractivity (Wildman–Crippen MR) is 89.2 cm³/mol. The Hall–Kier alpha value is -0.870. The lowest BCUT2D eigenvalue weighted by atomic mass is 9.82. The van der Waals surface area contributed by atoms with Crippen LogP contribution in [0.15, 0.2) is 17.5 Å². The fourth-order valence-electron chi connectivity index (χ4n) is 2.62. The van der Waals surface area contributed by atoms with Crippen LogP contribution in [0.25, 0.3) is 0 Å². The summed E-state index contributed by atoms with van der Waals surface area (Å²) in [5.41, 5.74) is 0.211. The number of thiophene rings is 1. The van der Waals surface area contributed by atoms with Gasteiger partial charge >= 0.3 is 0 Å². The van der Waals surface area contributed by atoms with Gasteiger partial charge in [0, 0.05) is 11.4 Å². The van der Waals surface area contributed by atoms with Crippen molar-refractivity contribution in [2.45, 2.75) is 59.7 Å². The van der Waals surface area contributed by atoms with Gasteiger partial charge in [0.25, 0.3) is 0 Å². The molecule has 3 nitrogen and oxygen atoms in total. The van der Waals surface area contributed by atoms with Crippen molar-refractivity contribution in [3.8, 4) is 0 Å². The van der Waals surface area contributed by atoms with Gasteiger partial charge in [-0.3, -0.25) is 10.1 Å². The average molecular weight is 308 g/mol. The largest absolute Gasteiger partial charge is 0.320 e. The Kier molecular flexibility index (Phi) is 5.10. The third-order valence-corrected chi connectivity index (χ3v) is 5.52. The van der Waals surface area contributed by atoms with Gasteiger partial charge in [0.15, 0.2) is 0 Å². The van der Waals surface area contributed by atoms with E-state index in [9.17, 15) is 4.79 Å². The Balaban J connectivity index is 2.19. The number of nitrogens with zero attached hydrogens (tertiary/aromatic N) is 1. The van der Waals surface area contributed by atoms with E-state index < -0.39 is 0 Å². The molecule has 2 rings (SSSR count). The molecule has 1 N–H and O–H groups in total. The van der Waals surface area contributed by atoms with Gasteiger partial charge in [-0.1, -0.05) is 47.1 Å². The van der Waals surface area contributed by atoms with Crippen molar-refractivity contribution in [1.82, 2.24) is 10.2 Å². The number of rotatable bonds is 5. The van der Waals surface area contributed by atoms with E-state index in [-0.39, 0.29) is 23.5 Å². The summed E-state index contributed by atoms with van der Waals surface area (Å²) in [4.78, 5) is 16.0. The summed E-state index contributed by atoms with van der Waals surface area (Å²) in [6.07, 6.45) is 2.00. The molecule has 4 heteroatoms. The van der Waals surface area contributed by atoms with Crippen LogP contribution in [0.1, 0.15) is 58.5 Å². The van der Waals surface area contributed by atoms with Gasteiger partial charge < -0.3 is 4.90 Å². The van der Waals surface area contributed by atoms with Crippen LogP contribution in [0.4, 0.5) is 0 Å². The monoisotopic (exact) mass is 308 g/mol. The summed E-state index contributed by atoms with van der Waals surface area (Å²) in [6, 6.07) is 4.16. The van der Waals surface area contributed by atoms with Crippen LogP contribution in [-0.4, -0.2) is 23.4 Å². The Morgan fingerprint density at radius 2 is 2.14 bits per heavy atom. The lowest BCUT2D eigenvalue weighted by Gasteiger charge is -2.33. The zero-order chi connectivity index (χ0) is 15.6. The Bertz CT molecular complexity index is 464. The molecule has 1 aromatic heterocycles. The summed E-state index contributed by atoms with van der Waals surface area (Å²) >= 11 is 1.72. The Labute approximate surface area is 132 Å². The first-order valence-electron chi connectivity index (χ1n) is 7.94. The molecule has 0 aliphatic carbocycles. The molecule has 1 fully saturated rings. The molecular weight excluding hydrogens is 280 g/mol. The zero-order valence-electron chi connectivity index (χ0n) is 13.8. The molecule has 0 radical (unpaired) electrons. The number of amides is 1. The molecule has 0 aromatic carbocycles. The highest BCUT2D eigenvalue weighted by Crippen LogP contribution is 2.34. The lowest BCUT2D eigenvalue weighted by Crippen LogP contribution is -2.38. The molecule has 3 unspecified atom stereocenters. The van der Waals surface area contributed by atoms with Gasteiger partial charge in [-0.15, -0.1) is 11.3 Å². The molecule has 1 saturated heterocycles. The van der Waals surface area contributed by atoms with Crippen molar-refractivity contribution in [2.24, 2.45) is 11.3 Å².